The average molecular weight is 903 g/mol. The van der Waals surface area contributed by atoms with Gasteiger partial charge in [-0.1, -0.05) is 27.7 Å². The lowest BCUT2D eigenvalue weighted by Gasteiger charge is -2.61. The largest absolute Gasteiger partial charge is 0.394 e. The standard InChI is InChI=1S/C45H74O18/c1-19-7-12-45(56-18-19)20(2)30-26(63-45)14-25-23-6-5-21-13-22(8-10-43(21,3)24(23)9-11-44(25,30)4)57-42-39(35(53)32(50)28(16-47)60-42)62-41-37(55)38(33(51)29(17-48)59-41)61-40-36(54)34(52)31(49)27(15-46)58-40/h19-42,46-55H,5-18H2,1-4H3/t19-,20-,21+,22-,23-,24+,25+,26-,27+,28+,29+,30-,31+,32+,33+,34-,35-,36+,37+,38-,39+,40-,41-,42+,43-,44-,45-/m1/s1. The van der Waals surface area contributed by atoms with E-state index in [2.05, 4.69) is 27.7 Å². The van der Waals surface area contributed by atoms with E-state index in [4.69, 9.17) is 37.9 Å². The summed E-state index contributed by atoms with van der Waals surface area (Å²) < 4.78 is 49.3. The van der Waals surface area contributed by atoms with E-state index >= 15 is 0 Å². The first-order valence-corrected chi connectivity index (χ1v) is 23.8. The highest BCUT2D eigenvalue weighted by molar-refractivity contribution is 5.15. The van der Waals surface area contributed by atoms with Crippen molar-refractivity contribution >= 4 is 0 Å². The van der Waals surface area contributed by atoms with Crippen molar-refractivity contribution in [2.45, 2.75) is 202 Å². The van der Waals surface area contributed by atoms with Gasteiger partial charge < -0.3 is 89.0 Å². The summed E-state index contributed by atoms with van der Waals surface area (Å²) in [6, 6.07) is 0. The van der Waals surface area contributed by atoms with E-state index < -0.39 is 118 Å². The van der Waals surface area contributed by atoms with E-state index in [1.54, 1.807) is 0 Å². The highest BCUT2D eigenvalue weighted by Gasteiger charge is 2.69. The van der Waals surface area contributed by atoms with Gasteiger partial charge in [0, 0.05) is 12.3 Å². The lowest BCUT2D eigenvalue weighted by Crippen LogP contribution is -2.67. The molecule has 0 bridgehead atoms. The molecule has 0 radical (unpaired) electrons. The van der Waals surface area contributed by atoms with Gasteiger partial charge in [0.2, 0.25) is 0 Å². The Bertz CT molecular complexity index is 1570. The molecule has 4 aliphatic carbocycles. The zero-order valence-electron chi connectivity index (χ0n) is 37.0. The molecule has 10 N–H and O–H groups in total. The molecule has 18 heteroatoms. The Morgan fingerprint density at radius 2 is 1.17 bits per heavy atom. The molecule has 27 atom stereocenters. The monoisotopic (exact) mass is 902 g/mol. The summed E-state index contributed by atoms with van der Waals surface area (Å²) in [5.74, 6) is 3.14. The van der Waals surface area contributed by atoms with Crippen LogP contribution in [0.5, 0.6) is 0 Å². The molecule has 9 aliphatic rings. The van der Waals surface area contributed by atoms with Crippen LogP contribution < -0.4 is 0 Å². The van der Waals surface area contributed by atoms with Crippen LogP contribution in [-0.4, -0.2) is 188 Å². The molecular weight excluding hydrogens is 828 g/mol. The fourth-order valence-electron chi connectivity index (χ4n) is 14.7. The van der Waals surface area contributed by atoms with Crippen molar-refractivity contribution in [3.63, 3.8) is 0 Å². The maximum absolute atomic E-state index is 11.5. The third-order valence-corrected chi connectivity index (χ3v) is 18.3. The predicted molar refractivity (Wildman–Crippen MR) is 216 cm³/mol. The van der Waals surface area contributed by atoms with Crippen LogP contribution in [0, 0.1) is 52.3 Å². The average Bonchev–Trinajstić information content (AvgIpc) is 3.72. The zero-order valence-corrected chi connectivity index (χ0v) is 37.0. The van der Waals surface area contributed by atoms with Crippen molar-refractivity contribution in [1.29, 1.82) is 0 Å². The lowest BCUT2D eigenvalue weighted by atomic mass is 9.44. The second-order valence-electron chi connectivity index (χ2n) is 21.5. The smallest absolute Gasteiger partial charge is 0.187 e. The molecule has 0 aromatic rings. The van der Waals surface area contributed by atoms with Gasteiger partial charge in [0.1, 0.15) is 73.2 Å². The minimum absolute atomic E-state index is 0.0982. The van der Waals surface area contributed by atoms with E-state index in [0.717, 1.165) is 51.6 Å². The van der Waals surface area contributed by atoms with Crippen LogP contribution in [0.3, 0.4) is 0 Å². The van der Waals surface area contributed by atoms with Crippen molar-refractivity contribution < 1.29 is 89.0 Å². The van der Waals surface area contributed by atoms with E-state index in [-0.39, 0.29) is 23.0 Å². The number of hydrogen-bond donors (Lipinski definition) is 10. The van der Waals surface area contributed by atoms with E-state index in [1.807, 2.05) is 0 Å². The summed E-state index contributed by atoms with van der Waals surface area (Å²) in [4.78, 5) is 0. The molecule has 5 saturated heterocycles. The molecule has 0 aromatic heterocycles. The van der Waals surface area contributed by atoms with Gasteiger partial charge >= 0.3 is 0 Å². The van der Waals surface area contributed by atoms with Crippen LogP contribution in [0.15, 0.2) is 0 Å². The van der Waals surface area contributed by atoms with Crippen LogP contribution in [0.25, 0.3) is 0 Å². The van der Waals surface area contributed by atoms with Crippen molar-refractivity contribution in [3.8, 4) is 0 Å². The van der Waals surface area contributed by atoms with Crippen molar-refractivity contribution in [1.82, 2.24) is 0 Å². The summed E-state index contributed by atoms with van der Waals surface area (Å²) in [6.45, 7) is 8.26. The minimum atomic E-state index is -1.89. The molecule has 9 fully saturated rings. The fourth-order valence-corrected chi connectivity index (χ4v) is 14.7. The molecule has 0 aromatic carbocycles. The van der Waals surface area contributed by atoms with Crippen LogP contribution in [0.2, 0.25) is 0 Å². The lowest BCUT2D eigenvalue weighted by molar-refractivity contribution is -0.388. The number of aliphatic hydroxyl groups is 10. The summed E-state index contributed by atoms with van der Waals surface area (Å²) in [7, 11) is 0. The first-order valence-electron chi connectivity index (χ1n) is 23.8. The molecule has 63 heavy (non-hydrogen) atoms. The maximum atomic E-state index is 11.5. The molecule has 5 heterocycles. The minimum Gasteiger partial charge on any atom is -0.394 e. The SMILES string of the molecule is C[C@@H]1CC[C@@]2(OC1)O[C@@H]1C[C@H]3[C@@H]4CC[C@H]5C[C@H](O[C@H]6O[C@@H](CO)[C@H](O)[C@@H](O)[C@@H]6O[C@H]6O[C@@H](CO)[C@H](O)[C@@H](O[C@H]7O[C@@H](CO)[C@H](O)[C@@H](O)[C@@H]7O)[C@@H]6O)CC[C@@]5(C)[C@H]4CC[C@@]3(C)[C@@H]1[C@H]2C. The highest BCUT2D eigenvalue weighted by atomic mass is 16.8. The Balaban J connectivity index is 0.871. The van der Waals surface area contributed by atoms with E-state index in [0.29, 0.717) is 47.8 Å². The first kappa shape index (κ1) is 47.4. The third kappa shape index (κ3) is 7.88. The predicted octanol–water partition coefficient (Wildman–Crippen LogP) is -0.734. The van der Waals surface area contributed by atoms with E-state index in [1.165, 1.54) is 12.8 Å². The van der Waals surface area contributed by atoms with Gasteiger partial charge in [-0.3, -0.25) is 0 Å². The van der Waals surface area contributed by atoms with Gasteiger partial charge in [-0.15, -0.1) is 0 Å². The van der Waals surface area contributed by atoms with Gasteiger partial charge in [0.05, 0.1) is 38.6 Å². The molecule has 9 rings (SSSR count). The van der Waals surface area contributed by atoms with Crippen LogP contribution in [0.1, 0.15) is 91.9 Å². The molecule has 4 saturated carbocycles. The number of fused-ring (bicyclic) bond motifs is 7. The number of ether oxygens (including phenoxy) is 8. The van der Waals surface area contributed by atoms with Gasteiger partial charge in [-0.2, -0.15) is 0 Å². The summed E-state index contributed by atoms with van der Waals surface area (Å²) in [5, 5.41) is 106. The van der Waals surface area contributed by atoms with Crippen LogP contribution >= 0.6 is 0 Å². The van der Waals surface area contributed by atoms with Crippen molar-refractivity contribution in [2.24, 2.45) is 52.3 Å². The van der Waals surface area contributed by atoms with Gasteiger partial charge in [-0.25, -0.2) is 0 Å². The van der Waals surface area contributed by atoms with Crippen LogP contribution in [-0.2, 0) is 37.9 Å². The molecule has 362 valence electrons. The number of hydrogen-bond acceptors (Lipinski definition) is 18. The normalized spacial score (nSPS) is 58.2. The van der Waals surface area contributed by atoms with Gasteiger partial charge in [-0.05, 0) is 104 Å². The molecule has 0 unspecified atom stereocenters. The number of aliphatic hydroxyl groups excluding tert-OH is 10. The molecule has 1 spiro atoms. The first-order chi connectivity index (χ1) is 30.0. The molecule has 18 nitrogen and oxygen atoms in total. The topological polar surface area (TPSA) is 276 Å². The summed E-state index contributed by atoms with van der Waals surface area (Å²) in [6.07, 6.45) is -14.4. The summed E-state index contributed by atoms with van der Waals surface area (Å²) in [5.41, 5.74) is 0.310. The Labute approximate surface area is 369 Å². The third-order valence-electron chi connectivity index (χ3n) is 18.3. The molecular formula is C45H74O18. The number of rotatable bonds is 9. The Kier molecular flexibility index (Phi) is 13.5. The fraction of sp³-hybridized carbons (Fsp3) is 1.00. The molecule has 5 aliphatic heterocycles. The quantitative estimate of drug-likeness (QED) is 0.128. The highest BCUT2D eigenvalue weighted by Crippen LogP contribution is 2.71. The van der Waals surface area contributed by atoms with Gasteiger partial charge in [0.15, 0.2) is 24.7 Å². The summed E-state index contributed by atoms with van der Waals surface area (Å²) >= 11 is 0. The second kappa shape index (κ2) is 18.0. The maximum Gasteiger partial charge on any atom is 0.187 e. The van der Waals surface area contributed by atoms with Crippen molar-refractivity contribution in [2.75, 3.05) is 26.4 Å². The second-order valence-corrected chi connectivity index (χ2v) is 21.5. The van der Waals surface area contributed by atoms with Crippen LogP contribution in [0.4, 0.5) is 0 Å². The Morgan fingerprint density at radius 3 is 1.84 bits per heavy atom. The zero-order chi connectivity index (χ0) is 44.9. The molecule has 0 amide bonds. The van der Waals surface area contributed by atoms with Gasteiger partial charge in [0.25, 0.3) is 0 Å². The van der Waals surface area contributed by atoms with E-state index in [9.17, 15) is 51.1 Å². The van der Waals surface area contributed by atoms with Crippen molar-refractivity contribution in [3.05, 3.63) is 0 Å². The Hall–Kier alpha value is -0.720. The Morgan fingerprint density at radius 1 is 0.556 bits per heavy atom.